The van der Waals surface area contributed by atoms with Crippen LogP contribution in [0.5, 0.6) is 0 Å². The van der Waals surface area contributed by atoms with E-state index >= 15 is 0 Å². The van der Waals surface area contributed by atoms with Crippen LogP contribution in [0.1, 0.15) is 23.8 Å². The zero-order chi connectivity index (χ0) is 11.5. The largest absolute Gasteiger partial charge is 0.463 e. The fourth-order valence-corrected chi connectivity index (χ4v) is 1.36. The molecule has 82 valence electrons. The molecule has 2 aromatic heterocycles. The van der Waals surface area contributed by atoms with Crippen molar-refractivity contribution in [2.75, 3.05) is 5.73 Å². The summed E-state index contributed by atoms with van der Waals surface area (Å²) in [4.78, 5) is 19.7. The second-order valence-corrected chi connectivity index (χ2v) is 3.25. The lowest BCUT2D eigenvalue weighted by Gasteiger charge is -2.04. The molecule has 0 bridgehead atoms. The van der Waals surface area contributed by atoms with Crippen LogP contribution in [-0.2, 0) is 0 Å². The average molecular weight is 217 g/mol. The smallest absolute Gasteiger partial charge is 0.183 e. The van der Waals surface area contributed by atoms with Crippen LogP contribution < -0.4 is 5.73 Å². The van der Waals surface area contributed by atoms with Crippen LogP contribution in [0.2, 0.25) is 0 Å². The lowest BCUT2D eigenvalue weighted by molar-refractivity contribution is 0.0983. The molecule has 0 spiro atoms. The lowest BCUT2D eigenvalue weighted by atomic mass is 10.1. The summed E-state index contributed by atoms with van der Waals surface area (Å²) in [5.41, 5.74) is 6.25. The highest BCUT2D eigenvalue weighted by atomic mass is 16.3. The summed E-state index contributed by atoms with van der Waals surface area (Å²) in [5.74, 6) is 0.676. The number of aromatic nitrogens is 2. The summed E-state index contributed by atoms with van der Waals surface area (Å²) >= 11 is 0. The van der Waals surface area contributed by atoms with Gasteiger partial charge in [0.2, 0.25) is 0 Å². The molecule has 2 aromatic rings. The Bertz CT molecular complexity index is 506. The quantitative estimate of drug-likeness (QED) is 0.794. The van der Waals surface area contributed by atoms with Crippen molar-refractivity contribution in [1.29, 1.82) is 0 Å². The van der Waals surface area contributed by atoms with Crippen LogP contribution >= 0.6 is 0 Å². The van der Waals surface area contributed by atoms with Gasteiger partial charge in [-0.3, -0.25) is 4.79 Å². The minimum Gasteiger partial charge on any atom is -0.463 e. The van der Waals surface area contributed by atoms with Gasteiger partial charge in [-0.15, -0.1) is 0 Å². The first-order chi connectivity index (χ1) is 7.72. The van der Waals surface area contributed by atoms with Crippen molar-refractivity contribution in [3.05, 3.63) is 30.3 Å². The number of nitrogen functional groups attached to an aromatic ring is 1. The molecule has 2 rings (SSSR count). The van der Waals surface area contributed by atoms with Gasteiger partial charge < -0.3 is 10.2 Å². The SMILES string of the molecule is CCC(=O)c1ncc(N)nc1-c1ccco1. The Labute approximate surface area is 92.3 Å². The van der Waals surface area contributed by atoms with Crippen molar-refractivity contribution in [3.8, 4) is 11.5 Å². The molecule has 0 atom stereocenters. The molecule has 2 N–H and O–H groups in total. The Morgan fingerprint density at radius 2 is 2.38 bits per heavy atom. The summed E-state index contributed by atoms with van der Waals surface area (Å²) in [6.45, 7) is 1.77. The third-order valence-corrected chi connectivity index (χ3v) is 2.13. The Morgan fingerprint density at radius 1 is 1.56 bits per heavy atom. The van der Waals surface area contributed by atoms with E-state index in [1.165, 1.54) is 12.5 Å². The zero-order valence-electron chi connectivity index (χ0n) is 8.80. The molecule has 0 aliphatic carbocycles. The Balaban J connectivity index is 2.57. The monoisotopic (exact) mass is 217 g/mol. The van der Waals surface area contributed by atoms with E-state index in [4.69, 9.17) is 10.2 Å². The predicted molar refractivity (Wildman–Crippen MR) is 58.8 cm³/mol. The van der Waals surface area contributed by atoms with E-state index in [0.717, 1.165) is 0 Å². The first-order valence-corrected chi connectivity index (χ1v) is 4.92. The highest BCUT2D eigenvalue weighted by Crippen LogP contribution is 2.22. The van der Waals surface area contributed by atoms with Gasteiger partial charge in [0.15, 0.2) is 11.5 Å². The van der Waals surface area contributed by atoms with E-state index in [-0.39, 0.29) is 11.6 Å². The first-order valence-electron chi connectivity index (χ1n) is 4.92. The number of Topliss-reactive ketones (excluding diaryl/α,β-unsaturated/α-hetero) is 1. The summed E-state index contributed by atoms with van der Waals surface area (Å²) in [7, 11) is 0. The minimum absolute atomic E-state index is 0.0844. The van der Waals surface area contributed by atoms with Crippen LogP contribution in [0.15, 0.2) is 29.0 Å². The number of hydrogen-bond acceptors (Lipinski definition) is 5. The number of carbonyl (C=O) groups excluding carboxylic acids is 1. The first kappa shape index (κ1) is 10.4. The maximum atomic E-state index is 11.7. The van der Waals surface area contributed by atoms with E-state index < -0.39 is 0 Å². The number of nitrogens with zero attached hydrogens (tertiary/aromatic N) is 2. The number of hydrogen-bond donors (Lipinski definition) is 1. The molecular weight excluding hydrogens is 206 g/mol. The number of ketones is 1. The van der Waals surface area contributed by atoms with E-state index in [1.54, 1.807) is 19.1 Å². The van der Waals surface area contributed by atoms with Crippen LogP contribution in [0.3, 0.4) is 0 Å². The molecule has 0 aliphatic rings. The molecule has 2 heterocycles. The standard InChI is InChI=1S/C11H11N3O2/c1-2-7(15)10-11(8-4-3-5-16-8)14-9(12)6-13-10/h3-6H,2H2,1H3,(H2,12,14). The van der Waals surface area contributed by atoms with Crippen molar-refractivity contribution in [1.82, 2.24) is 9.97 Å². The van der Waals surface area contributed by atoms with Gasteiger partial charge in [0.1, 0.15) is 17.2 Å². The van der Waals surface area contributed by atoms with Gasteiger partial charge in [0.05, 0.1) is 12.5 Å². The van der Waals surface area contributed by atoms with Gasteiger partial charge in [-0.05, 0) is 12.1 Å². The van der Waals surface area contributed by atoms with Gasteiger partial charge >= 0.3 is 0 Å². The van der Waals surface area contributed by atoms with E-state index in [1.807, 2.05) is 0 Å². The summed E-state index contributed by atoms with van der Waals surface area (Å²) in [6, 6.07) is 3.44. The molecule has 0 aromatic carbocycles. The summed E-state index contributed by atoms with van der Waals surface area (Å²) < 4.78 is 5.20. The maximum absolute atomic E-state index is 11.7. The fourth-order valence-electron chi connectivity index (χ4n) is 1.36. The van der Waals surface area contributed by atoms with E-state index in [9.17, 15) is 4.79 Å². The van der Waals surface area contributed by atoms with Crippen LogP contribution in [0.4, 0.5) is 5.82 Å². The van der Waals surface area contributed by atoms with Gasteiger partial charge in [0, 0.05) is 6.42 Å². The number of rotatable bonds is 3. The van der Waals surface area contributed by atoms with Crippen LogP contribution in [-0.4, -0.2) is 15.8 Å². The molecule has 0 amide bonds. The van der Waals surface area contributed by atoms with Crippen LogP contribution in [0, 0.1) is 0 Å². The fraction of sp³-hybridized carbons (Fsp3) is 0.182. The molecule has 5 heteroatoms. The second kappa shape index (κ2) is 4.14. The van der Waals surface area contributed by atoms with Gasteiger partial charge in [-0.25, -0.2) is 9.97 Å². The highest BCUT2D eigenvalue weighted by Gasteiger charge is 2.16. The van der Waals surface area contributed by atoms with Gasteiger partial charge in [-0.1, -0.05) is 6.92 Å². The molecule has 0 aliphatic heterocycles. The molecular formula is C11H11N3O2. The lowest BCUT2D eigenvalue weighted by Crippen LogP contribution is -2.06. The summed E-state index contributed by atoms with van der Waals surface area (Å²) in [6.07, 6.45) is 3.25. The number of carbonyl (C=O) groups is 1. The number of anilines is 1. The highest BCUT2D eigenvalue weighted by molar-refractivity contribution is 5.99. The molecule has 0 unspecified atom stereocenters. The minimum atomic E-state index is -0.0844. The molecule has 5 nitrogen and oxygen atoms in total. The molecule has 0 fully saturated rings. The van der Waals surface area contributed by atoms with Gasteiger partial charge in [0.25, 0.3) is 0 Å². The molecule has 0 saturated carbocycles. The normalized spacial score (nSPS) is 10.3. The third kappa shape index (κ3) is 1.79. The van der Waals surface area contributed by atoms with Crippen molar-refractivity contribution >= 4 is 11.6 Å². The van der Waals surface area contributed by atoms with Crippen molar-refractivity contribution in [3.63, 3.8) is 0 Å². The maximum Gasteiger partial charge on any atom is 0.183 e. The number of furan rings is 1. The van der Waals surface area contributed by atoms with E-state index in [0.29, 0.717) is 23.6 Å². The average Bonchev–Trinajstić information content (AvgIpc) is 2.81. The topological polar surface area (TPSA) is 82.0 Å². The third-order valence-electron chi connectivity index (χ3n) is 2.13. The number of nitrogens with two attached hydrogens (primary N) is 1. The molecule has 0 saturated heterocycles. The Morgan fingerprint density at radius 3 is 3.00 bits per heavy atom. The van der Waals surface area contributed by atoms with Crippen molar-refractivity contribution in [2.45, 2.75) is 13.3 Å². The van der Waals surface area contributed by atoms with Gasteiger partial charge in [-0.2, -0.15) is 0 Å². The summed E-state index contributed by atoms with van der Waals surface area (Å²) in [5, 5.41) is 0. The Hall–Kier alpha value is -2.17. The van der Waals surface area contributed by atoms with Crippen molar-refractivity contribution < 1.29 is 9.21 Å². The molecule has 16 heavy (non-hydrogen) atoms. The zero-order valence-corrected chi connectivity index (χ0v) is 8.80. The predicted octanol–water partition coefficient (Wildman–Crippen LogP) is 1.91. The van der Waals surface area contributed by atoms with Crippen LogP contribution in [0.25, 0.3) is 11.5 Å². The second-order valence-electron chi connectivity index (χ2n) is 3.25. The van der Waals surface area contributed by atoms with E-state index in [2.05, 4.69) is 9.97 Å². The molecule has 0 radical (unpaired) electrons. The Kier molecular flexibility index (Phi) is 2.68. The van der Waals surface area contributed by atoms with Crippen molar-refractivity contribution in [2.24, 2.45) is 0 Å².